The largest absolute Gasteiger partial charge is 0.493 e. The third-order valence-corrected chi connectivity index (χ3v) is 2.37. The summed E-state index contributed by atoms with van der Waals surface area (Å²) in [6.07, 6.45) is 0. The quantitative estimate of drug-likeness (QED) is 0.750. The molecule has 1 aromatic rings. The number of ether oxygens (including phenoxy) is 2. The highest BCUT2D eigenvalue weighted by Crippen LogP contribution is 2.35. The minimum atomic E-state index is 0.209. The Balaban J connectivity index is 3.18. The first-order valence-electron chi connectivity index (χ1n) is 3.74. The molecule has 2 nitrogen and oxygen atoms in total. The van der Waals surface area contributed by atoms with Crippen LogP contribution in [-0.4, -0.2) is 14.2 Å². The van der Waals surface area contributed by atoms with Crippen LogP contribution in [0.3, 0.4) is 0 Å². The first kappa shape index (κ1) is 10.2. The van der Waals surface area contributed by atoms with Gasteiger partial charge < -0.3 is 9.47 Å². The highest BCUT2D eigenvalue weighted by molar-refractivity contribution is 7.94. The molecule has 0 spiro atoms. The lowest BCUT2D eigenvalue weighted by atomic mass is 10.2. The van der Waals surface area contributed by atoms with Crippen LogP contribution >= 0.6 is 12.1 Å². The van der Waals surface area contributed by atoms with Crippen LogP contribution in [0.1, 0.15) is 5.56 Å². The van der Waals surface area contributed by atoms with E-state index in [0.717, 1.165) is 5.56 Å². The van der Waals surface area contributed by atoms with Gasteiger partial charge in [0.05, 0.1) is 26.4 Å². The zero-order valence-corrected chi connectivity index (χ0v) is 8.57. The fourth-order valence-electron chi connectivity index (χ4n) is 1.05. The van der Waals surface area contributed by atoms with Gasteiger partial charge in [0.2, 0.25) is 0 Å². The molecule has 0 fully saturated rings. The number of aryl methyl sites for hydroxylation is 1. The first-order chi connectivity index (χ1) is 6.22. The number of benzene rings is 1. The van der Waals surface area contributed by atoms with Crippen LogP contribution in [0, 0.1) is 6.92 Å². The maximum atomic E-state index is 12.4. The van der Waals surface area contributed by atoms with E-state index in [9.17, 15) is 3.89 Å². The molecule has 0 amide bonds. The van der Waals surface area contributed by atoms with Gasteiger partial charge in [-0.3, -0.25) is 0 Å². The maximum Gasteiger partial charge on any atom is 0.161 e. The highest BCUT2D eigenvalue weighted by Gasteiger charge is 2.08. The van der Waals surface area contributed by atoms with Crippen LogP contribution in [0.2, 0.25) is 0 Å². The topological polar surface area (TPSA) is 18.5 Å². The third-order valence-electron chi connectivity index (χ3n) is 1.76. The second-order valence-corrected chi connectivity index (χ2v) is 3.14. The average molecular weight is 202 g/mol. The molecule has 0 saturated heterocycles. The average Bonchev–Trinajstić information content (AvgIpc) is 2.17. The molecule has 1 aromatic carbocycles. The number of hydrogen-bond donors (Lipinski definition) is 0. The van der Waals surface area contributed by atoms with Gasteiger partial charge in [0.25, 0.3) is 0 Å². The van der Waals surface area contributed by atoms with Gasteiger partial charge in [-0.1, -0.05) is 0 Å². The number of hydrogen-bond acceptors (Lipinski definition) is 3. The maximum absolute atomic E-state index is 12.4. The molecule has 0 aliphatic heterocycles. The lowest BCUT2D eigenvalue weighted by Gasteiger charge is -2.09. The van der Waals surface area contributed by atoms with Crippen molar-refractivity contribution < 1.29 is 13.4 Å². The Hall–Kier alpha value is -0.900. The standard InChI is InChI=1S/C9H11FO2S/c1-6-4-7(11-2)8(12-3)5-9(6)13-10/h4-5H,1-3H3. The van der Waals surface area contributed by atoms with E-state index in [4.69, 9.17) is 9.47 Å². The van der Waals surface area contributed by atoms with Crippen LogP contribution in [0.5, 0.6) is 11.5 Å². The van der Waals surface area contributed by atoms with E-state index in [-0.39, 0.29) is 12.1 Å². The highest BCUT2D eigenvalue weighted by atomic mass is 32.2. The summed E-state index contributed by atoms with van der Waals surface area (Å²) >= 11 is 0.209. The van der Waals surface area contributed by atoms with Gasteiger partial charge in [0, 0.05) is 11.0 Å². The van der Waals surface area contributed by atoms with E-state index >= 15 is 0 Å². The van der Waals surface area contributed by atoms with Crippen LogP contribution in [0.15, 0.2) is 17.0 Å². The zero-order valence-electron chi connectivity index (χ0n) is 7.76. The van der Waals surface area contributed by atoms with Crippen molar-refractivity contribution in [3.8, 4) is 11.5 Å². The Bertz CT molecular complexity index is 302. The summed E-state index contributed by atoms with van der Waals surface area (Å²) < 4.78 is 22.4. The monoisotopic (exact) mass is 202 g/mol. The molecule has 1 rings (SSSR count). The summed E-state index contributed by atoms with van der Waals surface area (Å²) in [4.78, 5) is 0.553. The zero-order chi connectivity index (χ0) is 9.84. The Labute approximate surface area is 81.3 Å². The fraction of sp³-hybridized carbons (Fsp3) is 0.333. The minimum Gasteiger partial charge on any atom is -0.493 e. The predicted octanol–water partition coefficient (Wildman–Crippen LogP) is 2.99. The van der Waals surface area contributed by atoms with Crippen LogP contribution in [0.25, 0.3) is 0 Å². The normalized spacial score (nSPS) is 9.85. The Kier molecular flexibility index (Phi) is 3.42. The molecule has 0 heterocycles. The fourth-order valence-corrected chi connectivity index (χ4v) is 1.38. The number of halogens is 1. The van der Waals surface area contributed by atoms with Gasteiger partial charge in [-0.15, -0.1) is 0 Å². The van der Waals surface area contributed by atoms with Gasteiger partial charge in [-0.2, -0.15) is 3.89 Å². The van der Waals surface area contributed by atoms with Gasteiger partial charge in [-0.25, -0.2) is 0 Å². The molecule has 0 aliphatic rings. The van der Waals surface area contributed by atoms with Crippen LogP contribution in [-0.2, 0) is 0 Å². The lowest BCUT2D eigenvalue weighted by molar-refractivity contribution is 0.353. The van der Waals surface area contributed by atoms with Crippen molar-refractivity contribution in [2.24, 2.45) is 0 Å². The predicted molar refractivity (Wildman–Crippen MR) is 51.2 cm³/mol. The molecule has 0 unspecified atom stereocenters. The summed E-state index contributed by atoms with van der Waals surface area (Å²) in [6.45, 7) is 1.82. The summed E-state index contributed by atoms with van der Waals surface area (Å²) in [5, 5.41) is 0. The lowest BCUT2D eigenvalue weighted by Crippen LogP contribution is -1.92. The second-order valence-electron chi connectivity index (χ2n) is 2.55. The minimum absolute atomic E-state index is 0.209. The van der Waals surface area contributed by atoms with Gasteiger partial charge >= 0.3 is 0 Å². The summed E-state index contributed by atoms with van der Waals surface area (Å²) in [6, 6.07) is 3.37. The molecule has 0 atom stereocenters. The number of rotatable bonds is 3. The number of methoxy groups -OCH3 is 2. The molecule has 0 aromatic heterocycles. The van der Waals surface area contributed by atoms with Crippen molar-refractivity contribution in [1.29, 1.82) is 0 Å². The molecule has 4 heteroatoms. The summed E-state index contributed by atoms with van der Waals surface area (Å²) in [5.41, 5.74) is 0.838. The second kappa shape index (κ2) is 4.37. The Morgan fingerprint density at radius 2 is 1.69 bits per heavy atom. The molecule has 0 radical (unpaired) electrons. The van der Waals surface area contributed by atoms with E-state index in [1.807, 2.05) is 6.92 Å². The van der Waals surface area contributed by atoms with E-state index in [0.29, 0.717) is 16.4 Å². The van der Waals surface area contributed by atoms with Crippen molar-refractivity contribution in [3.63, 3.8) is 0 Å². The molecule has 0 aliphatic carbocycles. The van der Waals surface area contributed by atoms with Gasteiger partial charge in [0.1, 0.15) is 0 Å². The third kappa shape index (κ3) is 2.06. The van der Waals surface area contributed by atoms with E-state index < -0.39 is 0 Å². The van der Waals surface area contributed by atoms with Crippen LogP contribution in [0.4, 0.5) is 3.89 Å². The Morgan fingerprint density at radius 3 is 2.15 bits per heavy atom. The Morgan fingerprint density at radius 1 is 1.15 bits per heavy atom. The SMILES string of the molecule is COc1cc(C)c(SF)cc1OC. The molecular formula is C9H11FO2S. The van der Waals surface area contributed by atoms with E-state index in [1.54, 1.807) is 19.2 Å². The molecule has 0 saturated carbocycles. The molecular weight excluding hydrogens is 191 g/mol. The smallest absolute Gasteiger partial charge is 0.161 e. The molecule has 13 heavy (non-hydrogen) atoms. The van der Waals surface area contributed by atoms with Crippen molar-refractivity contribution >= 4 is 12.1 Å². The molecule has 72 valence electrons. The molecule has 0 bridgehead atoms. The first-order valence-corrected chi connectivity index (χ1v) is 4.45. The molecule has 0 N–H and O–H groups in total. The van der Waals surface area contributed by atoms with Crippen molar-refractivity contribution in [2.75, 3.05) is 14.2 Å². The van der Waals surface area contributed by atoms with Gasteiger partial charge in [-0.05, 0) is 18.6 Å². The van der Waals surface area contributed by atoms with E-state index in [1.165, 1.54) is 7.11 Å². The van der Waals surface area contributed by atoms with Crippen molar-refractivity contribution in [2.45, 2.75) is 11.8 Å². The summed E-state index contributed by atoms with van der Waals surface area (Å²) in [5.74, 6) is 1.17. The van der Waals surface area contributed by atoms with Crippen LogP contribution < -0.4 is 9.47 Å². The van der Waals surface area contributed by atoms with Crippen molar-refractivity contribution in [3.05, 3.63) is 17.7 Å². The summed E-state index contributed by atoms with van der Waals surface area (Å²) in [7, 11) is 3.08. The van der Waals surface area contributed by atoms with E-state index in [2.05, 4.69) is 0 Å². The van der Waals surface area contributed by atoms with Crippen molar-refractivity contribution in [1.82, 2.24) is 0 Å². The van der Waals surface area contributed by atoms with Gasteiger partial charge in [0.15, 0.2) is 11.5 Å².